The fourth-order valence-corrected chi connectivity index (χ4v) is 3.10. The van der Waals surface area contributed by atoms with E-state index in [0.717, 1.165) is 31.0 Å². The Balaban J connectivity index is 1.88. The SMILES string of the molecule is CCSCCCN1CC2CNCCN2C(=O)C1=O. The first-order valence-electron chi connectivity index (χ1n) is 6.62. The Hall–Kier alpha value is -0.750. The molecule has 1 unspecified atom stereocenters. The maximum atomic E-state index is 12.0. The summed E-state index contributed by atoms with van der Waals surface area (Å²) in [6.45, 7) is 5.79. The van der Waals surface area contributed by atoms with Gasteiger partial charge in [0, 0.05) is 32.7 Å². The molecule has 2 aliphatic rings. The predicted molar refractivity (Wildman–Crippen MR) is 72.6 cm³/mol. The summed E-state index contributed by atoms with van der Waals surface area (Å²) >= 11 is 1.88. The van der Waals surface area contributed by atoms with E-state index in [9.17, 15) is 9.59 Å². The van der Waals surface area contributed by atoms with Gasteiger partial charge in [0.1, 0.15) is 0 Å². The molecule has 102 valence electrons. The molecule has 0 saturated carbocycles. The van der Waals surface area contributed by atoms with Gasteiger partial charge in [0.25, 0.3) is 0 Å². The Morgan fingerprint density at radius 1 is 1.39 bits per heavy atom. The van der Waals surface area contributed by atoms with E-state index in [-0.39, 0.29) is 17.9 Å². The zero-order valence-corrected chi connectivity index (χ0v) is 11.7. The highest BCUT2D eigenvalue weighted by Gasteiger charge is 2.39. The third kappa shape index (κ3) is 2.98. The van der Waals surface area contributed by atoms with Crippen LogP contribution in [0.3, 0.4) is 0 Å². The van der Waals surface area contributed by atoms with Crippen LogP contribution in [0.15, 0.2) is 0 Å². The largest absolute Gasteiger partial charge is 0.332 e. The quantitative estimate of drug-likeness (QED) is 0.554. The molecular weight excluding hydrogens is 250 g/mol. The van der Waals surface area contributed by atoms with E-state index in [4.69, 9.17) is 0 Å². The number of hydrogen-bond donors (Lipinski definition) is 1. The lowest BCUT2D eigenvalue weighted by molar-refractivity contribution is -0.159. The van der Waals surface area contributed by atoms with Gasteiger partial charge in [-0.3, -0.25) is 9.59 Å². The summed E-state index contributed by atoms with van der Waals surface area (Å²) in [7, 11) is 0. The van der Waals surface area contributed by atoms with Crippen LogP contribution >= 0.6 is 11.8 Å². The number of hydrogen-bond acceptors (Lipinski definition) is 4. The van der Waals surface area contributed by atoms with Crippen molar-refractivity contribution in [1.29, 1.82) is 0 Å². The highest BCUT2D eigenvalue weighted by Crippen LogP contribution is 2.14. The molecule has 2 heterocycles. The lowest BCUT2D eigenvalue weighted by Crippen LogP contribution is -2.65. The normalized spacial score (nSPS) is 24.4. The highest BCUT2D eigenvalue weighted by atomic mass is 32.2. The topological polar surface area (TPSA) is 52.6 Å². The standard InChI is InChI=1S/C12H21N3O2S/c1-2-18-7-3-5-14-9-10-8-13-4-6-15(10)12(17)11(14)16/h10,13H,2-9H2,1H3. The Bertz CT molecular complexity index is 324. The third-order valence-electron chi connectivity index (χ3n) is 3.43. The molecule has 1 atom stereocenters. The van der Waals surface area contributed by atoms with Crippen molar-refractivity contribution in [1.82, 2.24) is 15.1 Å². The molecule has 0 aliphatic carbocycles. The fraction of sp³-hybridized carbons (Fsp3) is 0.833. The first-order valence-corrected chi connectivity index (χ1v) is 7.78. The molecule has 0 radical (unpaired) electrons. The average molecular weight is 271 g/mol. The van der Waals surface area contributed by atoms with Crippen molar-refractivity contribution < 1.29 is 9.59 Å². The maximum Gasteiger partial charge on any atom is 0.312 e. The van der Waals surface area contributed by atoms with Gasteiger partial charge < -0.3 is 15.1 Å². The van der Waals surface area contributed by atoms with Gasteiger partial charge in [-0.15, -0.1) is 0 Å². The van der Waals surface area contributed by atoms with Crippen molar-refractivity contribution in [2.45, 2.75) is 19.4 Å². The summed E-state index contributed by atoms with van der Waals surface area (Å²) in [6, 6.07) is 0.169. The summed E-state index contributed by atoms with van der Waals surface area (Å²) in [6.07, 6.45) is 0.970. The number of carbonyl (C=O) groups is 2. The first-order chi connectivity index (χ1) is 8.74. The zero-order chi connectivity index (χ0) is 13.0. The van der Waals surface area contributed by atoms with Crippen molar-refractivity contribution in [3.63, 3.8) is 0 Å². The smallest absolute Gasteiger partial charge is 0.312 e. The summed E-state index contributed by atoms with van der Waals surface area (Å²) in [5.41, 5.74) is 0. The van der Waals surface area contributed by atoms with Crippen LogP contribution in [0.25, 0.3) is 0 Å². The molecule has 0 spiro atoms. The summed E-state index contributed by atoms with van der Waals surface area (Å²) in [5, 5.41) is 3.28. The van der Waals surface area contributed by atoms with E-state index in [1.807, 2.05) is 11.8 Å². The van der Waals surface area contributed by atoms with E-state index in [1.165, 1.54) is 0 Å². The number of carbonyl (C=O) groups excluding carboxylic acids is 2. The lowest BCUT2D eigenvalue weighted by Gasteiger charge is -2.43. The van der Waals surface area contributed by atoms with Crippen molar-refractivity contribution in [3.8, 4) is 0 Å². The Labute approximate surface area is 112 Å². The van der Waals surface area contributed by atoms with Crippen LogP contribution < -0.4 is 5.32 Å². The van der Waals surface area contributed by atoms with Crippen LogP contribution in [0.5, 0.6) is 0 Å². The number of nitrogens with one attached hydrogen (secondary N) is 1. The fourth-order valence-electron chi connectivity index (χ4n) is 2.48. The second-order valence-electron chi connectivity index (χ2n) is 4.66. The van der Waals surface area contributed by atoms with Crippen LogP contribution in [-0.2, 0) is 9.59 Å². The highest BCUT2D eigenvalue weighted by molar-refractivity contribution is 7.99. The van der Waals surface area contributed by atoms with E-state index < -0.39 is 0 Å². The molecule has 6 heteroatoms. The van der Waals surface area contributed by atoms with Gasteiger partial charge in [0.15, 0.2) is 0 Å². The number of piperazine rings is 2. The van der Waals surface area contributed by atoms with Gasteiger partial charge in [-0.2, -0.15) is 11.8 Å². The molecule has 18 heavy (non-hydrogen) atoms. The monoisotopic (exact) mass is 271 g/mol. The maximum absolute atomic E-state index is 12.0. The second-order valence-corrected chi connectivity index (χ2v) is 6.05. The van der Waals surface area contributed by atoms with E-state index in [1.54, 1.807) is 9.80 Å². The van der Waals surface area contributed by atoms with Crippen LogP contribution in [0.1, 0.15) is 13.3 Å². The Morgan fingerprint density at radius 2 is 2.22 bits per heavy atom. The van der Waals surface area contributed by atoms with Gasteiger partial charge in [0.2, 0.25) is 0 Å². The van der Waals surface area contributed by atoms with Crippen LogP contribution in [0, 0.1) is 0 Å². The van der Waals surface area contributed by atoms with Crippen molar-refractivity contribution in [2.75, 3.05) is 44.2 Å². The minimum Gasteiger partial charge on any atom is -0.332 e. The lowest BCUT2D eigenvalue weighted by atomic mass is 10.1. The minimum atomic E-state index is -0.311. The molecule has 0 aromatic carbocycles. The van der Waals surface area contributed by atoms with Gasteiger partial charge >= 0.3 is 11.8 Å². The molecular formula is C12H21N3O2S. The molecule has 0 bridgehead atoms. The van der Waals surface area contributed by atoms with Gasteiger partial charge in [-0.1, -0.05) is 6.92 Å². The molecule has 2 rings (SSSR count). The summed E-state index contributed by atoms with van der Waals surface area (Å²) < 4.78 is 0. The van der Waals surface area contributed by atoms with Gasteiger partial charge in [-0.05, 0) is 17.9 Å². The molecule has 5 nitrogen and oxygen atoms in total. The summed E-state index contributed by atoms with van der Waals surface area (Å²) in [4.78, 5) is 27.4. The van der Waals surface area contributed by atoms with Crippen molar-refractivity contribution in [2.24, 2.45) is 0 Å². The molecule has 0 aromatic rings. The first kappa shape index (κ1) is 13.7. The molecule has 2 saturated heterocycles. The van der Waals surface area contributed by atoms with E-state index in [2.05, 4.69) is 12.2 Å². The van der Waals surface area contributed by atoms with Gasteiger partial charge in [0.05, 0.1) is 6.04 Å². The van der Waals surface area contributed by atoms with Crippen molar-refractivity contribution in [3.05, 3.63) is 0 Å². The number of nitrogens with zero attached hydrogens (tertiary/aromatic N) is 2. The molecule has 2 aliphatic heterocycles. The van der Waals surface area contributed by atoms with Crippen LogP contribution in [-0.4, -0.2) is 71.9 Å². The molecule has 1 N–H and O–H groups in total. The number of thioether (sulfide) groups is 1. The summed E-state index contributed by atoms with van der Waals surface area (Å²) in [5.74, 6) is 1.54. The minimum absolute atomic E-state index is 0.169. The van der Waals surface area contributed by atoms with Crippen LogP contribution in [0.4, 0.5) is 0 Å². The van der Waals surface area contributed by atoms with E-state index >= 15 is 0 Å². The molecule has 0 aromatic heterocycles. The average Bonchev–Trinajstić information content (AvgIpc) is 2.40. The molecule has 2 amide bonds. The molecule has 2 fully saturated rings. The van der Waals surface area contributed by atoms with E-state index in [0.29, 0.717) is 19.6 Å². The van der Waals surface area contributed by atoms with Gasteiger partial charge in [-0.25, -0.2) is 0 Å². The second kappa shape index (κ2) is 6.43. The number of fused-ring (bicyclic) bond motifs is 1. The number of rotatable bonds is 5. The zero-order valence-electron chi connectivity index (χ0n) is 10.9. The predicted octanol–water partition coefficient (Wildman–Crippen LogP) is -0.228. The van der Waals surface area contributed by atoms with Crippen LogP contribution in [0.2, 0.25) is 0 Å². The Morgan fingerprint density at radius 3 is 3.00 bits per heavy atom. The Kier molecular flexibility index (Phi) is 4.88. The third-order valence-corrected chi connectivity index (χ3v) is 4.42. The number of amides is 2. The van der Waals surface area contributed by atoms with Crippen molar-refractivity contribution >= 4 is 23.6 Å².